The molecule has 3 rings (SSSR count). The summed E-state index contributed by atoms with van der Waals surface area (Å²) < 4.78 is 0. The molecule has 4 atom stereocenters. The first-order valence-electron chi connectivity index (χ1n) is 7.53. The van der Waals surface area contributed by atoms with Crippen LogP contribution in [0.2, 0.25) is 0 Å². The standard InChI is InChI=1S/C17H24O/c1-2-12-3-6-14(7-4-12)17(18)11-16-10-13-5-8-15(16)9-13/h3-4,6-7,13,15-18H,2,5,8-11H2,1H3. The second-order valence-electron chi connectivity index (χ2n) is 6.28. The molecule has 1 nitrogen and oxygen atoms in total. The fourth-order valence-corrected chi connectivity index (χ4v) is 4.06. The van der Waals surface area contributed by atoms with Crippen LogP contribution in [0.5, 0.6) is 0 Å². The fraction of sp³-hybridized carbons (Fsp3) is 0.647. The van der Waals surface area contributed by atoms with Crippen molar-refractivity contribution in [1.82, 2.24) is 0 Å². The number of rotatable bonds is 4. The second-order valence-corrected chi connectivity index (χ2v) is 6.28. The predicted octanol–water partition coefficient (Wildman–Crippen LogP) is 4.11. The third kappa shape index (κ3) is 2.33. The number of aryl methyl sites for hydroxylation is 1. The van der Waals surface area contributed by atoms with E-state index in [1.165, 1.54) is 31.2 Å². The number of hydrogen-bond donors (Lipinski definition) is 1. The largest absolute Gasteiger partial charge is 0.388 e. The molecule has 2 aliphatic carbocycles. The maximum atomic E-state index is 10.4. The minimum Gasteiger partial charge on any atom is -0.388 e. The highest BCUT2D eigenvalue weighted by Crippen LogP contribution is 2.50. The number of aliphatic hydroxyl groups excluding tert-OH is 1. The summed E-state index contributed by atoms with van der Waals surface area (Å²) >= 11 is 0. The highest BCUT2D eigenvalue weighted by molar-refractivity contribution is 5.24. The van der Waals surface area contributed by atoms with Gasteiger partial charge in [-0.2, -0.15) is 0 Å². The van der Waals surface area contributed by atoms with Crippen LogP contribution in [0.25, 0.3) is 0 Å². The van der Waals surface area contributed by atoms with Crippen LogP contribution in [0, 0.1) is 17.8 Å². The predicted molar refractivity (Wildman–Crippen MR) is 74.3 cm³/mol. The second kappa shape index (κ2) is 5.05. The van der Waals surface area contributed by atoms with Crippen molar-refractivity contribution in [2.45, 2.75) is 51.6 Å². The summed E-state index contributed by atoms with van der Waals surface area (Å²) in [5.41, 5.74) is 2.46. The molecule has 2 saturated carbocycles. The smallest absolute Gasteiger partial charge is 0.0792 e. The molecule has 0 aliphatic heterocycles. The van der Waals surface area contributed by atoms with Crippen molar-refractivity contribution >= 4 is 0 Å². The Morgan fingerprint density at radius 2 is 1.94 bits per heavy atom. The Kier molecular flexibility index (Phi) is 3.43. The molecule has 0 spiro atoms. The van der Waals surface area contributed by atoms with Crippen molar-refractivity contribution < 1.29 is 5.11 Å². The molecule has 1 aromatic rings. The quantitative estimate of drug-likeness (QED) is 0.845. The topological polar surface area (TPSA) is 20.2 Å². The van der Waals surface area contributed by atoms with Gasteiger partial charge in [0.15, 0.2) is 0 Å². The molecule has 0 amide bonds. The van der Waals surface area contributed by atoms with Crippen molar-refractivity contribution in [2.24, 2.45) is 17.8 Å². The summed E-state index contributed by atoms with van der Waals surface area (Å²) in [7, 11) is 0. The molecule has 2 aliphatic rings. The van der Waals surface area contributed by atoms with Crippen LogP contribution in [0.4, 0.5) is 0 Å². The Balaban J connectivity index is 1.62. The lowest BCUT2D eigenvalue weighted by atomic mass is 9.83. The molecule has 0 aromatic heterocycles. The van der Waals surface area contributed by atoms with E-state index in [0.29, 0.717) is 0 Å². The lowest BCUT2D eigenvalue weighted by molar-refractivity contribution is 0.125. The monoisotopic (exact) mass is 244 g/mol. The van der Waals surface area contributed by atoms with E-state index in [4.69, 9.17) is 0 Å². The maximum absolute atomic E-state index is 10.4. The van der Waals surface area contributed by atoms with Gasteiger partial charge in [0.25, 0.3) is 0 Å². The molecule has 1 aromatic carbocycles. The average Bonchev–Trinajstić information content (AvgIpc) is 3.01. The summed E-state index contributed by atoms with van der Waals surface area (Å²) in [6.07, 6.45) is 7.47. The first-order chi connectivity index (χ1) is 8.76. The zero-order valence-electron chi connectivity index (χ0n) is 11.3. The van der Waals surface area contributed by atoms with Gasteiger partial charge in [-0.1, -0.05) is 37.6 Å². The Morgan fingerprint density at radius 1 is 1.17 bits per heavy atom. The van der Waals surface area contributed by atoms with Crippen molar-refractivity contribution in [1.29, 1.82) is 0 Å². The summed E-state index contributed by atoms with van der Waals surface area (Å²) in [5.74, 6) is 2.68. The molecule has 18 heavy (non-hydrogen) atoms. The van der Waals surface area contributed by atoms with Gasteiger partial charge < -0.3 is 5.11 Å². The molecule has 2 bridgehead atoms. The van der Waals surface area contributed by atoms with Crippen molar-refractivity contribution in [3.63, 3.8) is 0 Å². The van der Waals surface area contributed by atoms with Gasteiger partial charge in [-0.3, -0.25) is 0 Å². The van der Waals surface area contributed by atoms with Crippen LogP contribution in [-0.4, -0.2) is 5.11 Å². The molecular weight excluding hydrogens is 220 g/mol. The number of aliphatic hydroxyl groups is 1. The van der Waals surface area contributed by atoms with E-state index in [9.17, 15) is 5.11 Å². The van der Waals surface area contributed by atoms with Crippen LogP contribution in [0.1, 0.15) is 56.3 Å². The minimum absolute atomic E-state index is 0.250. The van der Waals surface area contributed by atoms with Crippen LogP contribution in [-0.2, 0) is 6.42 Å². The lowest BCUT2D eigenvalue weighted by Crippen LogP contribution is -2.14. The molecule has 1 N–H and O–H groups in total. The Labute approximate surface area is 110 Å². The Morgan fingerprint density at radius 3 is 2.50 bits per heavy atom. The van der Waals surface area contributed by atoms with Gasteiger partial charge in [-0.15, -0.1) is 0 Å². The molecule has 0 radical (unpaired) electrons. The third-order valence-electron chi connectivity index (χ3n) is 5.18. The van der Waals surface area contributed by atoms with E-state index >= 15 is 0 Å². The van der Waals surface area contributed by atoms with Gasteiger partial charge in [-0.25, -0.2) is 0 Å². The lowest BCUT2D eigenvalue weighted by Gasteiger charge is -2.24. The summed E-state index contributed by atoms with van der Waals surface area (Å²) in [6.45, 7) is 2.17. The van der Waals surface area contributed by atoms with Gasteiger partial charge in [0.05, 0.1) is 6.10 Å². The zero-order chi connectivity index (χ0) is 12.5. The first kappa shape index (κ1) is 12.2. The third-order valence-corrected chi connectivity index (χ3v) is 5.18. The highest BCUT2D eigenvalue weighted by atomic mass is 16.3. The van der Waals surface area contributed by atoms with E-state index in [1.54, 1.807) is 0 Å². The van der Waals surface area contributed by atoms with Crippen LogP contribution >= 0.6 is 0 Å². The van der Waals surface area contributed by atoms with Crippen LogP contribution in [0.15, 0.2) is 24.3 Å². The molecule has 4 unspecified atom stereocenters. The van der Waals surface area contributed by atoms with Crippen LogP contribution in [0.3, 0.4) is 0 Å². The van der Waals surface area contributed by atoms with Gasteiger partial charge in [-0.05, 0) is 61.0 Å². The van der Waals surface area contributed by atoms with Gasteiger partial charge in [0, 0.05) is 0 Å². The highest BCUT2D eigenvalue weighted by Gasteiger charge is 2.39. The number of hydrogen-bond acceptors (Lipinski definition) is 1. The molecule has 2 fully saturated rings. The maximum Gasteiger partial charge on any atom is 0.0792 e. The summed E-state index contributed by atoms with van der Waals surface area (Å²) in [5, 5.41) is 10.4. The summed E-state index contributed by atoms with van der Waals surface area (Å²) in [6, 6.07) is 8.52. The first-order valence-corrected chi connectivity index (χ1v) is 7.53. The number of benzene rings is 1. The van der Waals surface area contributed by atoms with E-state index in [-0.39, 0.29) is 6.10 Å². The fourth-order valence-electron chi connectivity index (χ4n) is 4.06. The van der Waals surface area contributed by atoms with E-state index in [0.717, 1.165) is 36.2 Å². The normalized spacial score (nSPS) is 31.8. The zero-order valence-corrected chi connectivity index (χ0v) is 11.3. The summed E-state index contributed by atoms with van der Waals surface area (Å²) in [4.78, 5) is 0. The molecule has 0 saturated heterocycles. The molecule has 0 heterocycles. The van der Waals surface area contributed by atoms with E-state index < -0.39 is 0 Å². The molecule has 98 valence electrons. The van der Waals surface area contributed by atoms with Gasteiger partial charge in [0.2, 0.25) is 0 Å². The molecular formula is C17H24O. The van der Waals surface area contributed by atoms with Crippen molar-refractivity contribution in [2.75, 3.05) is 0 Å². The average molecular weight is 244 g/mol. The van der Waals surface area contributed by atoms with Crippen LogP contribution < -0.4 is 0 Å². The molecule has 1 heteroatoms. The van der Waals surface area contributed by atoms with Gasteiger partial charge >= 0.3 is 0 Å². The van der Waals surface area contributed by atoms with Crippen molar-refractivity contribution in [3.8, 4) is 0 Å². The minimum atomic E-state index is -0.250. The Bertz CT molecular complexity index is 395. The van der Waals surface area contributed by atoms with E-state index in [1.807, 2.05) is 0 Å². The Hall–Kier alpha value is -0.820. The van der Waals surface area contributed by atoms with E-state index in [2.05, 4.69) is 31.2 Å². The number of fused-ring (bicyclic) bond motifs is 2. The van der Waals surface area contributed by atoms with Crippen molar-refractivity contribution in [3.05, 3.63) is 35.4 Å². The SMILES string of the molecule is CCc1ccc(C(O)CC2CC3CCC2C3)cc1. The van der Waals surface area contributed by atoms with Gasteiger partial charge in [0.1, 0.15) is 0 Å².